The molecule has 28 heavy (non-hydrogen) atoms. The summed E-state index contributed by atoms with van der Waals surface area (Å²) in [4.78, 5) is 27.3. The third-order valence-corrected chi connectivity index (χ3v) is 5.69. The number of anilines is 1. The van der Waals surface area contributed by atoms with E-state index in [2.05, 4.69) is 15.7 Å². The van der Waals surface area contributed by atoms with Gasteiger partial charge in [-0.15, -0.1) is 12.4 Å². The first-order valence-electron chi connectivity index (χ1n) is 9.10. The molecule has 2 fully saturated rings. The van der Waals surface area contributed by atoms with Crippen molar-refractivity contribution in [2.24, 2.45) is 13.0 Å². The van der Waals surface area contributed by atoms with Crippen LogP contribution >= 0.6 is 24.0 Å². The lowest BCUT2D eigenvalue weighted by atomic mass is 9.90. The second-order valence-corrected chi connectivity index (χ2v) is 7.52. The topological polar surface area (TPSA) is 79.3 Å². The van der Waals surface area contributed by atoms with Crippen LogP contribution in [-0.4, -0.2) is 47.3 Å². The van der Waals surface area contributed by atoms with Gasteiger partial charge in [-0.05, 0) is 24.1 Å². The average Bonchev–Trinajstić information content (AvgIpc) is 3.37. The fourth-order valence-corrected chi connectivity index (χ4v) is 4.18. The molecule has 3 atom stereocenters. The van der Waals surface area contributed by atoms with Gasteiger partial charge in [0, 0.05) is 38.8 Å². The number of nitrogens with one attached hydrogen (secondary N) is 2. The molecule has 0 aliphatic carbocycles. The maximum Gasteiger partial charge on any atom is 0.249 e. The summed E-state index contributed by atoms with van der Waals surface area (Å²) in [7, 11) is 1.86. The number of carbonyl (C=O) groups excluding carboxylic acids is 2. The monoisotopic (exact) mass is 423 g/mol. The van der Waals surface area contributed by atoms with Crippen LogP contribution in [0, 0.1) is 5.92 Å². The quantitative estimate of drug-likeness (QED) is 0.784. The molecule has 0 spiro atoms. The molecular formula is C19H23Cl2N5O2. The van der Waals surface area contributed by atoms with E-state index in [9.17, 15) is 9.59 Å². The highest BCUT2D eigenvalue weighted by atomic mass is 35.5. The van der Waals surface area contributed by atoms with E-state index in [1.165, 1.54) is 0 Å². The molecule has 0 saturated carbocycles. The Bertz CT molecular complexity index is 872. The number of amides is 2. The van der Waals surface area contributed by atoms with Crippen LogP contribution in [0.25, 0.3) is 0 Å². The largest absolute Gasteiger partial charge is 0.344 e. The molecule has 1 aromatic carbocycles. The van der Waals surface area contributed by atoms with Gasteiger partial charge in [0.05, 0.1) is 22.8 Å². The van der Waals surface area contributed by atoms with Gasteiger partial charge < -0.3 is 15.5 Å². The molecule has 2 aliphatic heterocycles. The molecule has 2 aromatic rings. The Kier molecular flexibility index (Phi) is 6.27. The minimum atomic E-state index is -0.510. The SMILES string of the molecule is Cl.Cn1cc([C@H]2CNC[C@@H]2C(=O)NC2CCN(c3ccccc3Cl)C2=O)cn1. The van der Waals surface area contributed by atoms with E-state index in [0.717, 1.165) is 12.1 Å². The van der Waals surface area contributed by atoms with E-state index >= 15 is 0 Å². The van der Waals surface area contributed by atoms with Crippen LogP contribution in [0.4, 0.5) is 5.69 Å². The van der Waals surface area contributed by atoms with Crippen LogP contribution in [-0.2, 0) is 16.6 Å². The minimum Gasteiger partial charge on any atom is -0.344 e. The predicted molar refractivity (Wildman–Crippen MR) is 110 cm³/mol. The van der Waals surface area contributed by atoms with Crippen molar-refractivity contribution in [3.8, 4) is 0 Å². The Balaban J connectivity index is 0.00000225. The molecule has 4 rings (SSSR count). The molecule has 2 amide bonds. The van der Waals surface area contributed by atoms with Crippen molar-refractivity contribution in [2.75, 3.05) is 24.5 Å². The van der Waals surface area contributed by atoms with Crippen LogP contribution in [0.3, 0.4) is 0 Å². The number of carbonyl (C=O) groups is 2. The minimum absolute atomic E-state index is 0. The first kappa shape index (κ1) is 20.6. The highest BCUT2D eigenvalue weighted by molar-refractivity contribution is 6.34. The summed E-state index contributed by atoms with van der Waals surface area (Å²) >= 11 is 6.22. The van der Waals surface area contributed by atoms with Crippen molar-refractivity contribution in [1.82, 2.24) is 20.4 Å². The van der Waals surface area contributed by atoms with E-state index in [0.29, 0.717) is 30.2 Å². The smallest absolute Gasteiger partial charge is 0.249 e. The summed E-state index contributed by atoms with van der Waals surface area (Å²) in [5, 5.41) is 11.0. The van der Waals surface area contributed by atoms with Gasteiger partial charge in [0.15, 0.2) is 0 Å². The Hall–Kier alpha value is -2.09. The number of aryl methyl sites for hydroxylation is 1. The van der Waals surface area contributed by atoms with Crippen molar-refractivity contribution in [3.63, 3.8) is 0 Å². The standard InChI is InChI=1S/C19H22ClN5O2.ClH/c1-24-11-12(8-22-24)13-9-21-10-14(13)18(26)23-16-6-7-25(19(16)27)17-5-3-2-4-15(17)20;/h2-5,8,11,13-14,16,21H,6-7,9-10H2,1H3,(H,23,26);1H/t13-,14+,16?;/m1./s1. The highest BCUT2D eigenvalue weighted by Crippen LogP contribution is 2.31. The van der Waals surface area contributed by atoms with Crippen molar-refractivity contribution in [2.45, 2.75) is 18.4 Å². The number of halogens is 2. The first-order chi connectivity index (χ1) is 13.0. The van der Waals surface area contributed by atoms with Crippen LogP contribution in [0.15, 0.2) is 36.7 Å². The first-order valence-corrected chi connectivity index (χ1v) is 9.48. The normalized spacial score (nSPS) is 24.3. The molecule has 0 bridgehead atoms. The third kappa shape index (κ3) is 3.87. The van der Waals surface area contributed by atoms with Crippen molar-refractivity contribution in [1.29, 1.82) is 0 Å². The third-order valence-electron chi connectivity index (χ3n) is 5.37. The Labute approximate surface area is 174 Å². The van der Waals surface area contributed by atoms with Crippen molar-refractivity contribution < 1.29 is 9.59 Å². The second kappa shape index (κ2) is 8.51. The summed E-state index contributed by atoms with van der Waals surface area (Å²) < 4.78 is 1.74. The van der Waals surface area contributed by atoms with E-state index < -0.39 is 6.04 Å². The summed E-state index contributed by atoms with van der Waals surface area (Å²) in [6.45, 7) is 1.87. The van der Waals surface area contributed by atoms with Gasteiger partial charge in [0.25, 0.3) is 0 Å². The zero-order chi connectivity index (χ0) is 19.0. The summed E-state index contributed by atoms with van der Waals surface area (Å²) in [5.41, 5.74) is 1.73. The lowest BCUT2D eigenvalue weighted by Crippen LogP contribution is -2.45. The average molecular weight is 424 g/mol. The molecule has 0 radical (unpaired) electrons. The van der Waals surface area contributed by atoms with E-state index in [-0.39, 0.29) is 36.1 Å². The van der Waals surface area contributed by atoms with Crippen LogP contribution in [0.5, 0.6) is 0 Å². The Morgan fingerprint density at radius 2 is 2.11 bits per heavy atom. The number of hydrogen-bond acceptors (Lipinski definition) is 4. The number of nitrogens with zero attached hydrogens (tertiary/aromatic N) is 3. The maximum atomic E-state index is 12.9. The molecule has 150 valence electrons. The summed E-state index contributed by atoms with van der Waals surface area (Å²) in [6, 6.07) is 6.76. The van der Waals surface area contributed by atoms with Crippen molar-refractivity contribution >= 4 is 41.5 Å². The van der Waals surface area contributed by atoms with Crippen LogP contribution < -0.4 is 15.5 Å². The molecule has 1 aromatic heterocycles. The molecular weight excluding hydrogens is 401 g/mol. The molecule has 2 saturated heterocycles. The molecule has 1 unspecified atom stereocenters. The second-order valence-electron chi connectivity index (χ2n) is 7.11. The lowest BCUT2D eigenvalue weighted by molar-refractivity contribution is -0.129. The fourth-order valence-electron chi connectivity index (χ4n) is 3.94. The summed E-state index contributed by atoms with van der Waals surface area (Å²) in [5.74, 6) is -0.347. The molecule has 3 heterocycles. The van der Waals surface area contributed by atoms with Gasteiger partial charge in [-0.25, -0.2) is 0 Å². The number of aromatic nitrogens is 2. The molecule has 2 N–H and O–H groups in total. The molecule has 7 nitrogen and oxygen atoms in total. The van der Waals surface area contributed by atoms with Gasteiger partial charge in [-0.1, -0.05) is 23.7 Å². The number of para-hydroxylation sites is 1. The Morgan fingerprint density at radius 3 is 2.82 bits per heavy atom. The highest BCUT2D eigenvalue weighted by Gasteiger charge is 2.39. The van der Waals surface area contributed by atoms with Crippen LogP contribution in [0.1, 0.15) is 17.9 Å². The Morgan fingerprint density at radius 1 is 1.32 bits per heavy atom. The van der Waals surface area contributed by atoms with E-state index in [4.69, 9.17) is 11.6 Å². The number of hydrogen-bond donors (Lipinski definition) is 2. The number of benzene rings is 1. The van der Waals surface area contributed by atoms with Gasteiger partial charge in [-0.3, -0.25) is 14.3 Å². The van der Waals surface area contributed by atoms with E-state index in [1.807, 2.05) is 31.4 Å². The molecule has 9 heteroatoms. The van der Waals surface area contributed by atoms with Gasteiger partial charge >= 0.3 is 0 Å². The fraction of sp³-hybridized carbons (Fsp3) is 0.421. The van der Waals surface area contributed by atoms with Crippen molar-refractivity contribution in [3.05, 3.63) is 47.2 Å². The summed E-state index contributed by atoms with van der Waals surface area (Å²) in [6.07, 6.45) is 4.32. The zero-order valence-corrected chi connectivity index (χ0v) is 17.0. The van der Waals surface area contributed by atoms with E-state index in [1.54, 1.807) is 21.8 Å². The molecule has 2 aliphatic rings. The predicted octanol–water partition coefficient (Wildman–Crippen LogP) is 1.72. The number of rotatable bonds is 4. The van der Waals surface area contributed by atoms with Crippen LogP contribution in [0.2, 0.25) is 5.02 Å². The zero-order valence-electron chi connectivity index (χ0n) is 15.5. The lowest BCUT2D eigenvalue weighted by Gasteiger charge is -2.21. The maximum absolute atomic E-state index is 12.9. The van der Waals surface area contributed by atoms with Gasteiger partial charge in [-0.2, -0.15) is 5.10 Å². The van der Waals surface area contributed by atoms with Gasteiger partial charge in [0.1, 0.15) is 6.04 Å². The van der Waals surface area contributed by atoms with Gasteiger partial charge in [0.2, 0.25) is 11.8 Å².